The van der Waals surface area contributed by atoms with Gasteiger partial charge in [0.05, 0.1) is 5.92 Å². The summed E-state index contributed by atoms with van der Waals surface area (Å²) in [5, 5.41) is -4.53. The summed E-state index contributed by atoms with van der Waals surface area (Å²) >= 11 is 0. The van der Waals surface area contributed by atoms with Crippen molar-refractivity contribution >= 4 is 16.1 Å². The van der Waals surface area contributed by atoms with E-state index in [-0.39, 0.29) is 0 Å². The number of ether oxygens (including phenoxy) is 1. The van der Waals surface area contributed by atoms with Crippen molar-refractivity contribution in [3.05, 3.63) is 35.4 Å². The molecule has 0 fully saturated rings. The van der Waals surface area contributed by atoms with E-state index in [1.165, 1.54) is 0 Å². The maximum Gasteiger partial charge on any atom is 0.405 e. The predicted molar refractivity (Wildman–Crippen MR) is 69.4 cm³/mol. The molecule has 5 nitrogen and oxygen atoms in total. The number of halogens is 2. The summed E-state index contributed by atoms with van der Waals surface area (Å²) in [6.45, 7) is 0.730. The van der Waals surface area contributed by atoms with Crippen LogP contribution in [0, 0.1) is 5.92 Å². The number of esters is 1. The van der Waals surface area contributed by atoms with Crippen LogP contribution in [-0.2, 0) is 32.5 Å². The molecule has 1 atom stereocenters. The second kappa shape index (κ2) is 5.34. The highest BCUT2D eigenvalue weighted by Gasteiger charge is 2.52. The molecule has 0 heterocycles. The highest BCUT2D eigenvalue weighted by atomic mass is 32.2. The molecule has 1 aromatic rings. The SMILES string of the molecule is CC(OC(=O)C1Cc2ccccc2C1)C(F)(F)S(=O)(=O)O. The van der Waals surface area contributed by atoms with Crippen molar-refractivity contribution in [1.82, 2.24) is 0 Å². The third-order valence-electron chi connectivity index (χ3n) is 3.49. The average Bonchev–Trinajstić information content (AvgIpc) is 2.80. The molecule has 0 radical (unpaired) electrons. The first-order chi connectivity index (χ1) is 9.63. The van der Waals surface area contributed by atoms with E-state index in [4.69, 9.17) is 4.55 Å². The van der Waals surface area contributed by atoms with Gasteiger partial charge in [0.2, 0.25) is 0 Å². The van der Waals surface area contributed by atoms with Crippen molar-refractivity contribution in [2.75, 3.05) is 0 Å². The van der Waals surface area contributed by atoms with Gasteiger partial charge in [0, 0.05) is 0 Å². The fourth-order valence-electron chi connectivity index (χ4n) is 2.27. The number of fused-ring (bicyclic) bond motifs is 1. The van der Waals surface area contributed by atoms with Gasteiger partial charge in [-0.1, -0.05) is 24.3 Å². The van der Waals surface area contributed by atoms with E-state index in [0.717, 1.165) is 18.1 Å². The Balaban J connectivity index is 2.04. The Hall–Kier alpha value is -1.54. The molecule has 1 aliphatic carbocycles. The molecule has 1 N–H and O–H groups in total. The second-order valence-electron chi connectivity index (χ2n) is 4.99. The Bertz CT molecular complexity index is 631. The molecular formula is C13H14F2O5S. The van der Waals surface area contributed by atoms with Crippen LogP contribution in [0.3, 0.4) is 0 Å². The molecule has 1 aromatic carbocycles. The van der Waals surface area contributed by atoms with Gasteiger partial charge in [0.25, 0.3) is 0 Å². The van der Waals surface area contributed by atoms with Gasteiger partial charge in [-0.2, -0.15) is 17.2 Å². The van der Waals surface area contributed by atoms with Crippen LogP contribution in [-0.4, -0.2) is 30.3 Å². The Morgan fingerprint density at radius 1 is 1.33 bits per heavy atom. The molecule has 2 rings (SSSR count). The molecule has 0 amide bonds. The quantitative estimate of drug-likeness (QED) is 0.676. The molecule has 0 saturated carbocycles. The van der Waals surface area contributed by atoms with Crippen molar-refractivity contribution in [2.45, 2.75) is 31.1 Å². The van der Waals surface area contributed by atoms with Crippen molar-refractivity contribution in [1.29, 1.82) is 0 Å². The lowest BCUT2D eigenvalue weighted by Gasteiger charge is -2.22. The molecule has 0 spiro atoms. The zero-order valence-corrected chi connectivity index (χ0v) is 11.9. The first kappa shape index (κ1) is 15.8. The lowest BCUT2D eigenvalue weighted by atomic mass is 10.1. The Kier molecular flexibility index (Phi) is 4.03. The largest absolute Gasteiger partial charge is 0.455 e. The first-order valence-electron chi connectivity index (χ1n) is 6.25. The minimum absolute atomic E-state index is 0.360. The third-order valence-corrected chi connectivity index (χ3v) is 4.51. The highest BCUT2D eigenvalue weighted by Crippen LogP contribution is 2.31. The minimum Gasteiger partial charge on any atom is -0.455 e. The van der Waals surface area contributed by atoms with Gasteiger partial charge in [-0.15, -0.1) is 0 Å². The van der Waals surface area contributed by atoms with Crippen LogP contribution >= 0.6 is 0 Å². The second-order valence-corrected chi connectivity index (χ2v) is 6.48. The van der Waals surface area contributed by atoms with Crippen LogP contribution in [0.1, 0.15) is 18.1 Å². The topological polar surface area (TPSA) is 80.7 Å². The summed E-state index contributed by atoms with van der Waals surface area (Å²) in [5.74, 6) is -1.52. The monoisotopic (exact) mass is 320 g/mol. The van der Waals surface area contributed by atoms with Gasteiger partial charge in [0.15, 0.2) is 6.10 Å². The molecule has 21 heavy (non-hydrogen) atoms. The number of rotatable bonds is 4. The number of hydrogen-bond donors (Lipinski definition) is 1. The lowest BCUT2D eigenvalue weighted by molar-refractivity contribution is -0.164. The average molecular weight is 320 g/mol. The molecular weight excluding hydrogens is 306 g/mol. The summed E-state index contributed by atoms with van der Waals surface area (Å²) in [7, 11) is -5.63. The van der Waals surface area contributed by atoms with E-state index >= 15 is 0 Å². The molecule has 1 unspecified atom stereocenters. The normalized spacial score (nSPS) is 17.3. The molecule has 1 aliphatic rings. The van der Waals surface area contributed by atoms with Crippen LogP contribution in [0.2, 0.25) is 0 Å². The summed E-state index contributed by atoms with van der Waals surface area (Å²) < 4.78 is 60.8. The van der Waals surface area contributed by atoms with E-state index < -0.39 is 33.4 Å². The maximum absolute atomic E-state index is 13.3. The van der Waals surface area contributed by atoms with E-state index in [9.17, 15) is 22.0 Å². The number of benzene rings is 1. The van der Waals surface area contributed by atoms with Gasteiger partial charge in [-0.05, 0) is 30.9 Å². The smallest absolute Gasteiger partial charge is 0.405 e. The van der Waals surface area contributed by atoms with Gasteiger partial charge >= 0.3 is 21.3 Å². The Morgan fingerprint density at radius 3 is 2.24 bits per heavy atom. The van der Waals surface area contributed by atoms with E-state index in [2.05, 4.69) is 4.74 Å². The number of alkyl halides is 2. The van der Waals surface area contributed by atoms with Crippen LogP contribution in [0.5, 0.6) is 0 Å². The van der Waals surface area contributed by atoms with Crippen molar-refractivity contribution in [3.63, 3.8) is 0 Å². The molecule has 0 bridgehead atoms. The molecule has 8 heteroatoms. The standard InChI is InChI=1S/C13H14F2O5S/c1-8(13(14,15)21(17,18)19)20-12(16)11-6-9-4-2-3-5-10(9)7-11/h2-5,8,11H,6-7H2,1H3,(H,17,18,19). The Morgan fingerprint density at radius 2 is 1.81 bits per heavy atom. The number of carbonyl (C=O) groups is 1. The van der Waals surface area contributed by atoms with Gasteiger partial charge < -0.3 is 4.74 Å². The third kappa shape index (κ3) is 3.06. The van der Waals surface area contributed by atoms with Gasteiger partial charge in [-0.25, -0.2) is 0 Å². The molecule has 0 aliphatic heterocycles. The van der Waals surface area contributed by atoms with E-state index in [1.54, 1.807) is 0 Å². The predicted octanol–water partition coefficient (Wildman–Crippen LogP) is 1.81. The first-order valence-corrected chi connectivity index (χ1v) is 7.69. The van der Waals surface area contributed by atoms with Crippen LogP contribution < -0.4 is 0 Å². The summed E-state index contributed by atoms with van der Waals surface area (Å²) in [5.41, 5.74) is 1.88. The van der Waals surface area contributed by atoms with Crippen LogP contribution in [0.25, 0.3) is 0 Å². The highest BCUT2D eigenvalue weighted by molar-refractivity contribution is 7.86. The van der Waals surface area contributed by atoms with Gasteiger partial charge in [0.1, 0.15) is 0 Å². The van der Waals surface area contributed by atoms with Crippen molar-refractivity contribution < 1.29 is 31.3 Å². The van der Waals surface area contributed by atoms with E-state index in [0.29, 0.717) is 12.8 Å². The maximum atomic E-state index is 13.3. The van der Waals surface area contributed by atoms with E-state index in [1.807, 2.05) is 24.3 Å². The minimum atomic E-state index is -5.63. The summed E-state index contributed by atoms with van der Waals surface area (Å²) in [6, 6.07) is 7.28. The van der Waals surface area contributed by atoms with Crippen molar-refractivity contribution in [2.24, 2.45) is 5.92 Å². The van der Waals surface area contributed by atoms with Crippen LogP contribution in [0.4, 0.5) is 8.78 Å². The summed E-state index contributed by atoms with van der Waals surface area (Å²) in [4.78, 5) is 11.9. The lowest BCUT2D eigenvalue weighted by Crippen LogP contribution is -2.42. The molecule has 0 saturated heterocycles. The number of carbonyl (C=O) groups excluding carboxylic acids is 1. The molecule has 0 aromatic heterocycles. The molecule has 116 valence electrons. The van der Waals surface area contributed by atoms with Gasteiger partial charge in [-0.3, -0.25) is 9.35 Å². The zero-order valence-electron chi connectivity index (χ0n) is 11.1. The zero-order chi connectivity index (χ0) is 15.8. The Labute approximate surface area is 120 Å². The fraction of sp³-hybridized carbons (Fsp3) is 0.462. The van der Waals surface area contributed by atoms with Crippen LogP contribution in [0.15, 0.2) is 24.3 Å². The fourth-order valence-corrected chi connectivity index (χ4v) is 2.74. The number of hydrogen-bond acceptors (Lipinski definition) is 4. The van der Waals surface area contributed by atoms with Crippen molar-refractivity contribution in [3.8, 4) is 0 Å². The summed E-state index contributed by atoms with van der Waals surface area (Å²) in [6.07, 6.45) is -1.54.